The number of phenolic OH excluding ortho intramolecular Hbond substituents is 4. The molecule has 0 amide bonds. The zero-order chi connectivity index (χ0) is 15.1. The molecule has 4 N–H and O–H groups in total. The van der Waals surface area contributed by atoms with E-state index in [0.29, 0.717) is 5.56 Å². The van der Waals surface area contributed by atoms with Crippen molar-refractivity contribution in [2.24, 2.45) is 0 Å². The molecule has 0 aliphatic rings. The van der Waals surface area contributed by atoms with Gasteiger partial charge in [-0.05, 0) is 24.3 Å². The van der Waals surface area contributed by atoms with E-state index in [1.54, 1.807) is 12.1 Å². The molecule has 0 radical (unpaired) electrons. The van der Waals surface area contributed by atoms with Crippen molar-refractivity contribution >= 4 is 11.0 Å². The Kier molecular flexibility index (Phi) is 4.10. The van der Waals surface area contributed by atoms with Gasteiger partial charge in [-0.25, -0.2) is 0 Å². The van der Waals surface area contributed by atoms with Crippen LogP contribution in [-0.2, 0) is 19.5 Å². The maximum Gasteiger partial charge on any atom is 0.201 e. The Hall–Kier alpha value is -2.53. The first kappa shape index (κ1) is 15.9. The summed E-state index contributed by atoms with van der Waals surface area (Å²) in [5.41, 5.74) is -0.0793. The molecule has 0 saturated heterocycles. The van der Waals surface area contributed by atoms with Crippen LogP contribution in [0.15, 0.2) is 45.6 Å². The molecule has 7 heteroatoms. The monoisotopic (exact) mass is 350 g/mol. The van der Waals surface area contributed by atoms with Crippen LogP contribution in [0.1, 0.15) is 0 Å². The second kappa shape index (κ2) is 5.69. The fourth-order valence-electron chi connectivity index (χ4n) is 2.05. The Bertz CT molecular complexity index is 899. The quantitative estimate of drug-likeness (QED) is 0.395. The molecule has 2 aromatic carbocycles. The van der Waals surface area contributed by atoms with E-state index in [9.17, 15) is 25.2 Å². The summed E-state index contributed by atoms with van der Waals surface area (Å²) in [6.45, 7) is 0. The van der Waals surface area contributed by atoms with Gasteiger partial charge in [0.25, 0.3) is 0 Å². The van der Waals surface area contributed by atoms with E-state index >= 15 is 0 Å². The Balaban J connectivity index is 0.00000176. The molecule has 22 heavy (non-hydrogen) atoms. The van der Waals surface area contributed by atoms with Gasteiger partial charge < -0.3 is 24.8 Å². The van der Waals surface area contributed by atoms with Crippen LogP contribution in [0, 0.1) is 0 Å². The van der Waals surface area contributed by atoms with Crippen LogP contribution in [0.2, 0.25) is 0 Å². The van der Waals surface area contributed by atoms with Crippen LogP contribution in [0.5, 0.6) is 23.0 Å². The number of phenols is 4. The van der Waals surface area contributed by atoms with E-state index in [0.717, 1.165) is 12.1 Å². The maximum atomic E-state index is 12.1. The molecule has 1 aromatic heterocycles. The minimum atomic E-state index is -0.771. The first-order valence-electron chi connectivity index (χ1n) is 5.98. The minimum Gasteiger partial charge on any atom is -0.508 e. The maximum absolute atomic E-state index is 12.1. The van der Waals surface area contributed by atoms with Crippen molar-refractivity contribution in [3.05, 3.63) is 46.6 Å². The summed E-state index contributed by atoms with van der Waals surface area (Å²) in [4.78, 5) is 12.1. The van der Waals surface area contributed by atoms with E-state index in [2.05, 4.69) is 0 Å². The van der Waals surface area contributed by atoms with Gasteiger partial charge in [-0.15, -0.1) is 0 Å². The SMILES string of the molecule is O=c1cc(-c2ccc(O)cc2)oc2cc(O)c(O)c(O)c12.[Zn]. The number of hydrogen-bond donors (Lipinski definition) is 4. The Labute approximate surface area is 136 Å². The van der Waals surface area contributed by atoms with Gasteiger partial charge in [0.15, 0.2) is 16.9 Å². The largest absolute Gasteiger partial charge is 0.508 e. The third kappa shape index (κ3) is 2.51. The van der Waals surface area contributed by atoms with E-state index in [-0.39, 0.29) is 42.0 Å². The number of aromatic hydroxyl groups is 4. The van der Waals surface area contributed by atoms with Gasteiger partial charge in [0.1, 0.15) is 22.5 Å². The molecule has 0 atom stereocenters. The molecular formula is C15H10O6Zn. The standard InChI is InChI=1S/C15H10O6.Zn/c16-8-3-1-7(2-4-8)11-5-9(17)13-12(21-11)6-10(18)14(19)15(13)20;/h1-6,16,18-20H;. The minimum absolute atomic E-state index is 0. The first-order valence-corrected chi connectivity index (χ1v) is 5.98. The fourth-order valence-corrected chi connectivity index (χ4v) is 2.05. The van der Waals surface area contributed by atoms with Crippen molar-refractivity contribution in [2.75, 3.05) is 0 Å². The topological polar surface area (TPSA) is 111 Å². The first-order chi connectivity index (χ1) is 9.97. The smallest absolute Gasteiger partial charge is 0.201 e. The zero-order valence-corrected chi connectivity index (χ0v) is 14.2. The van der Waals surface area contributed by atoms with Gasteiger partial charge in [-0.3, -0.25) is 4.79 Å². The summed E-state index contributed by atoms with van der Waals surface area (Å²) in [6, 6.07) is 8.19. The Morgan fingerprint density at radius 1 is 0.864 bits per heavy atom. The molecule has 1 heterocycles. The number of hydrogen-bond acceptors (Lipinski definition) is 6. The van der Waals surface area contributed by atoms with Gasteiger partial charge in [0.05, 0.1) is 0 Å². The number of rotatable bonds is 1. The van der Waals surface area contributed by atoms with Gasteiger partial charge >= 0.3 is 0 Å². The summed E-state index contributed by atoms with van der Waals surface area (Å²) >= 11 is 0. The normalized spacial score (nSPS) is 10.4. The summed E-state index contributed by atoms with van der Waals surface area (Å²) in [6.07, 6.45) is 0. The number of benzene rings is 2. The Morgan fingerprint density at radius 3 is 2.14 bits per heavy atom. The third-order valence-corrected chi connectivity index (χ3v) is 3.10. The van der Waals surface area contributed by atoms with Crippen molar-refractivity contribution < 1.29 is 44.3 Å². The second-order valence-corrected chi connectivity index (χ2v) is 4.49. The molecule has 0 aliphatic heterocycles. The third-order valence-electron chi connectivity index (χ3n) is 3.10. The van der Waals surface area contributed by atoms with Gasteiger partial charge in [0, 0.05) is 37.2 Å². The van der Waals surface area contributed by atoms with Crippen LogP contribution >= 0.6 is 0 Å². The predicted octanol–water partition coefficient (Wildman–Crippen LogP) is 2.28. The average Bonchev–Trinajstić information content (AvgIpc) is 2.45. The van der Waals surface area contributed by atoms with Crippen LogP contribution in [0.3, 0.4) is 0 Å². The van der Waals surface area contributed by atoms with Crippen molar-refractivity contribution in [1.82, 2.24) is 0 Å². The predicted molar refractivity (Wildman–Crippen MR) is 74.6 cm³/mol. The molecule has 0 fully saturated rings. The molecule has 3 aromatic rings. The summed E-state index contributed by atoms with van der Waals surface area (Å²) < 4.78 is 5.47. The van der Waals surface area contributed by atoms with Crippen molar-refractivity contribution in [2.45, 2.75) is 0 Å². The van der Waals surface area contributed by atoms with Crippen LogP contribution in [-0.4, -0.2) is 20.4 Å². The summed E-state index contributed by atoms with van der Waals surface area (Å²) in [5.74, 6) is -1.81. The molecular weight excluding hydrogens is 342 g/mol. The van der Waals surface area contributed by atoms with Crippen molar-refractivity contribution in [1.29, 1.82) is 0 Å². The molecule has 0 aliphatic carbocycles. The van der Waals surface area contributed by atoms with Crippen LogP contribution in [0.25, 0.3) is 22.3 Å². The number of fused-ring (bicyclic) bond motifs is 1. The van der Waals surface area contributed by atoms with E-state index in [1.165, 1.54) is 12.1 Å². The summed E-state index contributed by atoms with van der Waals surface area (Å²) in [5, 5.41) is 37.7. The van der Waals surface area contributed by atoms with E-state index in [4.69, 9.17) is 4.42 Å². The molecule has 6 nitrogen and oxygen atoms in total. The molecule has 0 bridgehead atoms. The van der Waals surface area contributed by atoms with Crippen LogP contribution in [0.4, 0.5) is 0 Å². The fraction of sp³-hybridized carbons (Fsp3) is 0. The molecule has 108 valence electrons. The molecule has 0 spiro atoms. The molecule has 3 rings (SSSR count). The van der Waals surface area contributed by atoms with E-state index < -0.39 is 22.7 Å². The zero-order valence-electron chi connectivity index (χ0n) is 11.3. The van der Waals surface area contributed by atoms with Crippen LogP contribution < -0.4 is 5.43 Å². The Morgan fingerprint density at radius 2 is 1.50 bits per heavy atom. The van der Waals surface area contributed by atoms with E-state index in [1.807, 2.05) is 0 Å². The van der Waals surface area contributed by atoms with Gasteiger partial charge in [0.2, 0.25) is 5.75 Å². The van der Waals surface area contributed by atoms with Gasteiger partial charge in [-0.1, -0.05) is 0 Å². The average molecular weight is 352 g/mol. The molecule has 0 unspecified atom stereocenters. The second-order valence-electron chi connectivity index (χ2n) is 4.49. The van der Waals surface area contributed by atoms with Crippen molar-refractivity contribution in [3.8, 4) is 34.3 Å². The van der Waals surface area contributed by atoms with Gasteiger partial charge in [-0.2, -0.15) is 0 Å². The molecule has 0 saturated carbocycles. The van der Waals surface area contributed by atoms with Crippen molar-refractivity contribution in [3.63, 3.8) is 0 Å². The summed E-state index contributed by atoms with van der Waals surface area (Å²) in [7, 11) is 0.